The van der Waals surface area contributed by atoms with Gasteiger partial charge >= 0.3 is 0 Å². The van der Waals surface area contributed by atoms with E-state index in [9.17, 15) is 4.79 Å². The number of nitrogen functional groups attached to an aromatic ring is 1. The summed E-state index contributed by atoms with van der Waals surface area (Å²) in [6, 6.07) is 0. The van der Waals surface area contributed by atoms with Crippen LogP contribution in [0.25, 0.3) is 11.0 Å². The van der Waals surface area contributed by atoms with Crippen molar-refractivity contribution in [2.45, 2.75) is 6.92 Å². The molecule has 0 fully saturated rings. The summed E-state index contributed by atoms with van der Waals surface area (Å²) >= 11 is 0. The van der Waals surface area contributed by atoms with Crippen molar-refractivity contribution in [1.82, 2.24) is 15.0 Å². The molecule has 5 N–H and O–H groups in total. The largest absolute Gasteiger partial charge is 0.383 e. The van der Waals surface area contributed by atoms with Gasteiger partial charge in [-0.15, -0.1) is 0 Å². The maximum atomic E-state index is 11.1. The first-order chi connectivity index (χ1) is 7.63. The van der Waals surface area contributed by atoms with Crippen LogP contribution in [0.2, 0.25) is 0 Å². The Balaban J connectivity index is 2.76. The Morgan fingerprint density at radius 2 is 2.25 bits per heavy atom. The van der Waals surface area contributed by atoms with Gasteiger partial charge in [-0.05, 0) is 12.8 Å². The summed E-state index contributed by atoms with van der Waals surface area (Å²) in [6.07, 6.45) is 1.46. The average Bonchev–Trinajstić information content (AvgIpc) is 2.62. The lowest BCUT2D eigenvalue weighted by Gasteiger charge is -1.98. The normalized spacial score (nSPS) is 9.81. The first-order valence-electron chi connectivity index (χ1n) is 4.50. The Labute approximate surface area is 91.1 Å². The molecule has 0 unspecified atom stereocenters. The number of aromatic nitrogens is 3. The first kappa shape index (κ1) is 9.98. The van der Waals surface area contributed by atoms with E-state index in [4.69, 9.17) is 11.5 Å². The number of hydrogen-bond donors (Lipinski definition) is 3. The molecular formula is C10H9N5O. The lowest BCUT2D eigenvalue weighted by atomic mass is 10.2. The molecule has 0 radical (unpaired) electrons. The second-order valence-corrected chi connectivity index (χ2v) is 3.10. The molecule has 0 atom stereocenters. The summed E-state index contributed by atoms with van der Waals surface area (Å²) in [4.78, 5) is 22.0. The van der Waals surface area contributed by atoms with Gasteiger partial charge in [-0.25, -0.2) is 9.97 Å². The predicted molar refractivity (Wildman–Crippen MR) is 59.4 cm³/mol. The van der Waals surface area contributed by atoms with Crippen LogP contribution in [-0.2, 0) is 0 Å². The SMILES string of the molecule is CC#Cc1nc(N)c2c(C(N)=O)c[nH]c2n1. The van der Waals surface area contributed by atoms with Gasteiger partial charge in [-0.1, -0.05) is 5.92 Å². The number of nitrogens with zero attached hydrogens (tertiary/aromatic N) is 2. The van der Waals surface area contributed by atoms with E-state index in [-0.39, 0.29) is 11.4 Å². The van der Waals surface area contributed by atoms with Crippen LogP contribution in [0.1, 0.15) is 23.1 Å². The second-order valence-electron chi connectivity index (χ2n) is 3.10. The minimum Gasteiger partial charge on any atom is -0.383 e. The number of nitrogens with two attached hydrogens (primary N) is 2. The number of nitrogens with one attached hydrogen (secondary N) is 1. The molecule has 0 aliphatic carbocycles. The summed E-state index contributed by atoms with van der Waals surface area (Å²) in [5.74, 6) is 5.29. The highest BCUT2D eigenvalue weighted by atomic mass is 16.1. The second kappa shape index (κ2) is 3.55. The number of primary amides is 1. The smallest absolute Gasteiger partial charge is 0.251 e. The summed E-state index contributed by atoms with van der Waals surface area (Å²) in [6.45, 7) is 1.67. The third-order valence-corrected chi connectivity index (χ3v) is 2.06. The van der Waals surface area contributed by atoms with Gasteiger partial charge in [0.1, 0.15) is 11.5 Å². The fourth-order valence-corrected chi connectivity index (χ4v) is 1.42. The van der Waals surface area contributed by atoms with Gasteiger partial charge in [0.2, 0.25) is 5.82 Å². The number of hydrogen-bond acceptors (Lipinski definition) is 4. The molecule has 2 aromatic rings. The molecule has 0 aliphatic rings. The van der Waals surface area contributed by atoms with E-state index in [1.165, 1.54) is 6.20 Å². The minimum absolute atomic E-state index is 0.192. The quantitative estimate of drug-likeness (QED) is 0.582. The van der Waals surface area contributed by atoms with Crippen molar-refractivity contribution in [2.24, 2.45) is 5.73 Å². The number of rotatable bonds is 1. The van der Waals surface area contributed by atoms with Gasteiger partial charge in [0.25, 0.3) is 5.91 Å². The van der Waals surface area contributed by atoms with E-state index < -0.39 is 5.91 Å². The topological polar surface area (TPSA) is 111 Å². The summed E-state index contributed by atoms with van der Waals surface area (Å²) in [5, 5.41) is 0.439. The summed E-state index contributed by atoms with van der Waals surface area (Å²) < 4.78 is 0. The van der Waals surface area contributed by atoms with Crippen LogP contribution in [0.4, 0.5) is 5.82 Å². The maximum absolute atomic E-state index is 11.1. The van der Waals surface area contributed by atoms with Crippen molar-refractivity contribution in [1.29, 1.82) is 0 Å². The highest BCUT2D eigenvalue weighted by Gasteiger charge is 2.14. The number of H-pyrrole nitrogens is 1. The Morgan fingerprint density at radius 1 is 1.50 bits per heavy atom. The zero-order valence-corrected chi connectivity index (χ0v) is 8.53. The van der Waals surface area contributed by atoms with Crippen LogP contribution in [-0.4, -0.2) is 20.9 Å². The van der Waals surface area contributed by atoms with Gasteiger partial charge in [0.05, 0.1) is 10.9 Å². The standard InChI is InChI=1S/C10H9N5O/c1-2-3-6-14-8(11)7-5(9(12)16)4-13-10(7)15-6/h4H,1H3,(H2,12,16)(H3,11,13,14,15). The molecule has 1 amide bonds. The van der Waals surface area contributed by atoms with Crippen LogP contribution in [0.5, 0.6) is 0 Å². The van der Waals surface area contributed by atoms with Crippen LogP contribution in [0, 0.1) is 11.8 Å². The molecule has 0 saturated carbocycles. The molecule has 16 heavy (non-hydrogen) atoms. The highest BCUT2D eigenvalue weighted by molar-refractivity contribution is 6.08. The monoisotopic (exact) mass is 215 g/mol. The molecule has 0 spiro atoms. The van der Waals surface area contributed by atoms with E-state index in [0.717, 1.165) is 0 Å². The molecular weight excluding hydrogens is 206 g/mol. The van der Waals surface area contributed by atoms with Crippen LogP contribution in [0.3, 0.4) is 0 Å². The van der Waals surface area contributed by atoms with Gasteiger partial charge in [0.15, 0.2) is 0 Å². The maximum Gasteiger partial charge on any atom is 0.251 e. The van der Waals surface area contributed by atoms with E-state index >= 15 is 0 Å². The van der Waals surface area contributed by atoms with Crippen molar-refractivity contribution in [3.8, 4) is 11.8 Å². The average molecular weight is 215 g/mol. The van der Waals surface area contributed by atoms with E-state index in [0.29, 0.717) is 16.9 Å². The number of amides is 1. The first-order valence-corrected chi connectivity index (χ1v) is 4.50. The van der Waals surface area contributed by atoms with E-state index in [1.807, 2.05) is 0 Å². The van der Waals surface area contributed by atoms with Crippen molar-refractivity contribution in [2.75, 3.05) is 5.73 Å². The molecule has 6 heteroatoms. The molecule has 0 bridgehead atoms. The van der Waals surface area contributed by atoms with Crippen LogP contribution >= 0.6 is 0 Å². The molecule has 2 heterocycles. The number of fused-ring (bicyclic) bond motifs is 1. The van der Waals surface area contributed by atoms with Crippen LogP contribution < -0.4 is 11.5 Å². The Hall–Kier alpha value is -2.55. The fourth-order valence-electron chi connectivity index (χ4n) is 1.42. The van der Waals surface area contributed by atoms with Crippen molar-refractivity contribution in [3.05, 3.63) is 17.6 Å². The van der Waals surface area contributed by atoms with E-state index in [2.05, 4.69) is 26.8 Å². The Bertz CT molecular complexity index is 632. The fraction of sp³-hybridized carbons (Fsp3) is 0.100. The van der Waals surface area contributed by atoms with Gasteiger partial charge in [0, 0.05) is 6.20 Å². The Kier molecular flexibility index (Phi) is 2.21. The molecule has 2 aromatic heterocycles. The van der Waals surface area contributed by atoms with Gasteiger partial charge < -0.3 is 16.5 Å². The summed E-state index contributed by atoms with van der Waals surface area (Å²) in [7, 11) is 0. The molecule has 2 rings (SSSR count). The Morgan fingerprint density at radius 3 is 2.88 bits per heavy atom. The number of aromatic amines is 1. The third kappa shape index (κ3) is 1.44. The zero-order chi connectivity index (χ0) is 11.7. The van der Waals surface area contributed by atoms with Crippen molar-refractivity contribution in [3.63, 3.8) is 0 Å². The van der Waals surface area contributed by atoms with E-state index in [1.54, 1.807) is 6.92 Å². The summed E-state index contributed by atoms with van der Waals surface area (Å²) in [5.41, 5.74) is 11.7. The van der Waals surface area contributed by atoms with Gasteiger partial charge in [-0.3, -0.25) is 4.79 Å². The third-order valence-electron chi connectivity index (χ3n) is 2.06. The number of carbonyl (C=O) groups excluding carboxylic acids is 1. The highest BCUT2D eigenvalue weighted by Crippen LogP contribution is 2.21. The molecule has 0 aromatic carbocycles. The number of carbonyl (C=O) groups is 1. The van der Waals surface area contributed by atoms with Crippen molar-refractivity contribution < 1.29 is 4.79 Å². The molecule has 0 saturated heterocycles. The molecule has 6 nitrogen and oxygen atoms in total. The lowest BCUT2D eigenvalue weighted by molar-refractivity contribution is 0.100. The molecule has 80 valence electrons. The van der Waals surface area contributed by atoms with Crippen molar-refractivity contribution >= 4 is 22.8 Å². The zero-order valence-electron chi connectivity index (χ0n) is 8.53. The van der Waals surface area contributed by atoms with Gasteiger partial charge in [-0.2, -0.15) is 0 Å². The molecule has 0 aliphatic heterocycles. The lowest BCUT2D eigenvalue weighted by Crippen LogP contribution is -2.11. The van der Waals surface area contributed by atoms with Crippen LogP contribution in [0.15, 0.2) is 6.20 Å². The predicted octanol–water partition coefficient (Wildman–Crippen LogP) is 0.0104. The number of anilines is 1. The minimum atomic E-state index is -0.573.